The molecule has 0 spiro atoms. The standard InChI is InChI=1S/C15H17FN2O4/c1-2-12(15(21)22)18-8-7-17(13(19)14(18)20)9-10-3-5-11(16)6-4-10/h3-6,12H,2,7-9H2,1H3,(H,21,22)/t12-/m1/s1. The van der Waals surface area contributed by atoms with E-state index in [1.807, 2.05) is 0 Å². The average Bonchev–Trinajstić information content (AvgIpc) is 2.49. The lowest BCUT2D eigenvalue weighted by atomic mass is 10.1. The zero-order valence-electron chi connectivity index (χ0n) is 12.2. The van der Waals surface area contributed by atoms with Gasteiger partial charge < -0.3 is 14.9 Å². The number of carbonyl (C=O) groups excluding carboxylic acids is 2. The van der Waals surface area contributed by atoms with Crippen molar-refractivity contribution >= 4 is 17.8 Å². The number of aliphatic carboxylic acids is 1. The molecule has 0 saturated carbocycles. The van der Waals surface area contributed by atoms with E-state index in [1.165, 1.54) is 17.0 Å². The first kappa shape index (κ1) is 15.9. The van der Waals surface area contributed by atoms with E-state index in [4.69, 9.17) is 5.11 Å². The molecule has 2 rings (SSSR count). The lowest BCUT2D eigenvalue weighted by Crippen LogP contribution is -2.58. The second-order valence-electron chi connectivity index (χ2n) is 5.11. The van der Waals surface area contributed by atoms with Crippen LogP contribution in [-0.2, 0) is 20.9 Å². The molecule has 7 heteroatoms. The minimum absolute atomic E-state index is 0.177. The summed E-state index contributed by atoms with van der Waals surface area (Å²) in [6.07, 6.45) is 0.242. The molecular formula is C15H17FN2O4. The Hall–Kier alpha value is -2.44. The topological polar surface area (TPSA) is 77.9 Å². The fraction of sp³-hybridized carbons (Fsp3) is 0.400. The van der Waals surface area contributed by atoms with Gasteiger partial charge in [-0.2, -0.15) is 0 Å². The first-order chi connectivity index (χ1) is 10.4. The lowest BCUT2D eigenvalue weighted by molar-refractivity contribution is -0.162. The van der Waals surface area contributed by atoms with E-state index in [-0.39, 0.29) is 31.9 Å². The van der Waals surface area contributed by atoms with E-state index >= 15 is 0 Å². The first-order valence-corrected chi connectivity index (χ1v) is 7.01. The number of benzene rings is 1. The maximum atomic E-state index is 12.9. The molecule has 22 heavy (non-hydrogen) atoms. The smallest absolute Gasteiger partial charge is 0.326 e. The van der Waals surface area contributed by atoms with Crippen LogP contribution < -0.4 is 0 Å². The van der Waals surface area contributed by atoms with Gasteiger partial charge >= 0.3 is 17.8 Å². The summed E-state index contributed by atoms with van der Waals surface area (Å²) >= 11 is 0. The number of carboxylic acid groups (broad SMARTS) is 1. The van der Waals surface area contributed by atoms with Crippen molar-refractivity contribution < 1.29 is 23.9 Å². The van der Waals surface area contributed by atoms with Gasteiger partial charge in [-0.3, -0.25) is 9.59 Å². The highest BCUT2D eigenvalue weighted by atomic mass is 19.1. The van der Waals surface area contributed by atoms with E-state index in [0.717, 1.165) is 4.90 Å². The molecule has 0 aromatic heterocycles. The summed E-state index contributed by atoms with van der Waals surface area (Å²) in [5.74, 6) is -3.02. The van der Waals surface area contributed by atoms with Crippen molar-refractivity contribution in [3.8, 4) is 0 Å². The van der Waals surface area contributed by atoms with Gasteiger partial charge in [-0.25, -0.2) is 9.18 Å². The molecule has 1 N–H and O–H groups in total. The Morgan fingerprint density at radius 3 is 2.41 bits per heavy atom. The SMILES string of the molecule is CC[C@H](C(=O)O)N1CCN(Cc2ccc(F)cc2)C(=O)C1=O. The molecule has 1 fully saturated rings. The number of hydrogen-bond acceptors (Lipinski definition) is 3. The summed E-state index contributed by atoms with van der Waals surface area (Å²) in [5, 5.41) is 9.10. The summed E-state index contributed by atoms with van der Waals surface area (Å²) in [7, 11) is 0. The molecule has 1 aliphatic heterocycles. The summed E-state index contributed by atoms with van der Waals surface area (Å²) in [6.45, 7) is 2.28. The van der Waals surface area contributed by atoms with E-state index < -0.39 is 23.8 Å². The number of carboxylic acids is 1. The minimum Gasteiger partial charge on any atom is -0.480 e. The van der Waals surface area contributed by atoms with Gasteiger partial charge in [-0.15, -0.1) is 0 Å². The maximum absolute atomic E-state index is 12.9. The van der Waals surface area contributed by atoms with Gasteiger partial charge in [-0.05, 0) is 24.1 Å². The summed E-state index contributed by atoms with van der Waals surface area (Å²) < 4.78 is 12.9. The van der Waals surface area contributed by atoms with Crippen molar-refractivity contribution in [2.24, 2.45) is 0 Å². The number of halogens is 1. The highest BCUT2D eigenvalue weighted by Crippen LogP contribution is 2.15. The zero-order valence-corrected chi connectivity index (χ0v) is 12.2. The Balaban J connectivity index is 2.07. The number of nitrogens with zero attached hydrogens (tertiary/aromatic N) is 2. The Morgan fingerprint density at radius 2 is 1.86 bits per heavy atom. The second kappa shape index (κ2) is 6.55. The van der Waals surface area contributed by atoms with Gasteiger partial charge in [0.05, 0.1) is 0 Å². The highest BCUT2D eigenvalue weighted by Gasteiger charge is 2.38. The predicted molar refractivity (Wildman–Crippen MR) is 75.2 cm³/mol. The van der Waals surface area contributed by atoms with Crippen molar-refractivity contribution in [2.45, 2.75) is 25.9 Å². The van der Waals surface area contributed by atoms with E-state index in [2.05, 4.69) is 0 Å². The fourth-order valence-electron chi connectivity index (χ4n) is 2.48. The molecule has 1 aromatic carbocycles. The number of piperazine rings is 1. The summed E-state index contributed by atoms with van der Waals surface area (Å²) in [6, 6.07) is 4.69. The molecule has 1 atom stereocenters. The molecule has 0 aliphatic carbocycles. The van der Waals surface area contributed by atoms with Crippen LogP contribution in [0.5, 0.6) is 0 Å². The molecule has 1 aromatic rings. The van der Waals surface area contributed by atoms with Crippen molar-refractivity contribution in [1.82, 2.24) is 9.80 Å². The summed E-state index contributed by atoms with van der Waals surface area (Å²) in [4.78, 5) is 37.8. The van der Waals surface area contributed by atoms with Crippen LogP contribution in [0, 0.1) is 5.82 Å². The van der Waals surface area contributed by atoms with E-state index in [1.54, 1.807) is 19.1 Å². The number of amides is 2. The lowest BCUT2D eigenvalue weighted by Gasteiger charge is -2.36. The van der Waals surface area contributed by atoms with Gasteiger partial charge in [0.25, 0.3) is 0 Å². The molecule has 2 amide bonds. The highest BCUT2D eigenvalue weighted by molar-refractivity contribution is 6.35. The van der Waals surface area contributed by atoms with Crippen molar-refractivity contribution in [3.05, 3.63) is 35.6 Å². The van der Waals surface area contributed by atoms with E-state index in [9.17, 15) is 18.8 Å². The van der Waals surface area contributed by atoms with Crippen LogP contribution in [0.4, 0.5) is 4.39 Å². The molecular weight excluding hydrogens is 291 g/mol. The van der Waals surface area contributed by atoms with Crippen molar-refractivity contribution in [1.29, 1.82) is 0 Å². The average molecular weight is 308 g/mol. The molecule has 0 radical (unpaired) electrons. The Bertz CT molecular complexity index is 588. The third kappa shape index (κ3) is 3.24. The van der Waals surface area contributed by atoms with Crippen molar-refractivity contribution in [3.63, 3.8) is 0 Å². The minimum atomic E-state index is -1.12. The molecule has 118 valence electrons. The number of rotatable bonds is 5. The third-order valence-corrected chi connectivity index (χ3v) is 3.68. The molecule has 1 saturated heterocycles. The quantitative estimate of drug-likeness (QED) is 0.818. The van der Waals surface area contributed by atoms with Crippen LogP contribution in [0.2, 0.25) is 0 Å². The Kier molecular flexibility index (Phi) is 4.75. The molecule has 1 heterocycles. The van der Waals surface area contributed by atoms with Crippen molar-refractivity contribution in [2.75, 3.05) is 13.1 Å². The molecule has 0 unspecified atom stereocenters. The van der Waals surface area contributed by atoms with Crippen LogP contribution in [-0.4, -0.2) is 51.8 Å². The van der Waals surface area contributed by atoms with Crippen LogP contribution in [0.15, 0.2) is 24.3 Å². The van der Waals surface area contributed by atoms with Crippen LogP contribution in [0.25, 0.3) is 0 Å². The predicted octanol–water partition coefficient (Wildman–Crippen LogP) is 0.860. The number of carbonyl (C=O) groups is 3. The van der Waals surface area contributed by atoms with Gasteiger partial charge in [0.2, 0.25) is 0 Å². The maximum Gasteiger partial charge on any atom is 0.326 e. The largest absolute Gasteiger partial charge is 0.480 e. The normalized spacial score (nSPS) is 16.8. The van der Waals surface area contributed by atoms with Gasteiger partial charge in [0, 0.05) is 19.6 Å². The summed E-state index contributed by atoms with van der Waals surface area (Å²) in [5.41, 5.74) is 0.710. The van der Waals surface area contributed by atoms with Crippen LogP contribution >= 0.6 is 0 Å². The van der Waals surface area contributed by atoms with Gasteiger partial charge in [-0.1, -0.05) is 19.1 Å². The Morgan fingerprint density at radius 1 is 1.23 bits per heavy atom. The second-order valence-corrected chi connectivity index (χ2v) is 5.11. The first-order valence-electron chi connectivity index (χ1n) is 7.01. The van der Waals surface area contributed by atoms with Crippen LogP contribution in [0.3, 0.4) is 0 Å². The Labute approximate surface area is 127 Å². The molecule has 0 bridgehead atoms. The molecule has 6 nitrogen and oxygen atoms in total. The fourth-order valence-corrected chi connectivity index (χ4v) is 2.48. The monoisotopic (exact) mass is 308 g/mol. The molecule has 1 aliphatic rings. The third-order valence-electron chi connectivity index (χ3n) is 3.68. The van der Waals surface area contributed by atoms with E-state index in [0.29, 0.717) is 5.56 Å². The zero-order chi connectivity index (χ0) is 16.3. The van der Waals surface area contributed by atoms with Crippen LogP contribution in [0.1, 0.15) is 18.9 Å². The number of hydrogen-bond donors (Lipinski definition) is 1. The van der Waals surface area contributed by atoms with Gasteiger partial charge in [0.1, 0.15) is 11.9 Å². The van der Waals surface area contributed by atoms with Gasteiger partial charge in [0.15, 0.2) is 0 Å².